The fourth-order valence-corrected chi connectivity index (χ4v) is 2.28. The summed E-state index contributed by atoms with van der Waals surface area (Å²) in [4.78, 5) is 24.0. The molecule has 6 nitrogen and oxygen atoms in total. The number of benzene rings is 2. The van der Waals surface area contributed by atoms with E-state index >= 15 is 0 Å². The molecule has 0 unspecified atom stereocenters. The summed E-state index contributed by atoms with van der Waals surface area (Å²) in [6.07, 6.45) is 1.48. The van der Waals surface area contributed by atoms with E-state index in [4.69, 9.17) is 0 Å². The Morgan fingerprint density at radius 3 is 2.54 bits per heavy atom. The van der Waals surface area contributed by atoms with Gasteiger partial charge >= 0.3 is 0 Å². The Hall–Kier alpha value is -3.28. The van der Waals surface area contributed by atoms with Crippen LogP contribution in [0.25, 0.3) is 11.4 Å². The van der Waals surface area contributed by atoms with Gasteiger partial charge in [-0.15, -0.1) is 0 Å². The Bertz CT molecular complexity index is 864. The molecule has 2 N–H and O–H groups in total. The van der Waals surface area contributed by atoms with E-state index in [1.54, 1.807) is 0 Å². The lowest BCUT2D eigenvalue weighted by Gasteiger charge is -2.10. The Kier molecular flexibility index (Phi) is 4.47. The molecule has 0 aliphatic rings. The predicted octanol–water partition coefficient (Wildman–Crippen LogP) is 3.55. The zero-order valence-electron chi connectivity index (χ0n) is 13.4. The van der Waals surface area contributed by atoms with Crippen LogP contribution in [0.1, 0.15) is 12.5 Å². The van der Waals surface area contributed by atoms with Crippen molar-refractivity contribution in [1.82, 2.24) is 15.0 Å². The fraction of sp³-hybridized carbons (Fsp3) is 0.111. The molecule has 0 bridgehead atoms. The maximum Gasteiger partial charge on any atom is 0.230 e. The molecule has 0 fully saturated rings. The standard InChI is InChI=1S/C18H17N5O/c1-12-10-15(8-9-16(12)21-13(2)24)22-18-20-11-19-17(23-18)14-6-4-3-5-7-14/h3-11H,1-2H3,(H,21,24)(H,19,20,22,23). The number of carbonyl (C=O) groups excluding carboxylic acids is 1. The summed E-state index contributed by atoms with van der Waals surface area (Å²) < 4.78 is 0. The second kappa shape index (κ2) is 6.87. The zero-order valence-corrected chi connectivity index (χ0v) is 13.4. The molecule has 2 aromatic carbocycles. The van der Waals surface area contributed by atoms with Crippen molar-refractivity contribution in [3.05, 3.63) is 60.4 Å². The number of amides is 1. The van der Waals surface area contributed by atoms with Crippen LogP contribution in [0, 0.1) is 6.92 Å². The lowest BCUT2D eigenvalue weighted by Crippen LogP contribution is -2.07. The number of hydrogen-bond donors (Lipinski definition) is 2. The molecular weight excluding hydrogens is 302 g/mol. The molecule has 0 atom stereocenters. The van der Waals surface area contributed by atoms with Gasteiger partial charge < -0.3 is 10.6 Å². The van der Waals surface area contributed by atoms with Crippen LogP contribution in [0.3, 0.4) is 0 Å². The van der Waals surface area contributed by atoms with Crippen molar-refractivity contribution >= 4 is 23.2 Å². The first-order valence-corrected chi connectivity index (χ1v) is 7.51. The van der Waals surface area contributed by atoms with Gasteiger partial charge in [-0.1, -0.05) is 30.3 Å². The van der Waals surface area contributed by atoms with Gasteiger partial charge in [0.05, 0.1) is 0 Å². The first-order chi connectivity index (χ1) is 11.6. The number of anilines is 3. The SMILES string of the molecule is CC(=O)Nc1ccc(Nc2ncnc(-c3ccccc3)n2)cc1C. The number of aromatic nitrogens is 3. The maximum absolute atomic E-state index is 11.2. The summed E-state index contributed by atoms with van der Waals surface area (Å²) in [6, 6.07) is 15.4. The van der Waals surface area contributed by atoms with Gasteiger partial charge in [-0.3, -0.25) is 4.79 Å². The number of nitrogens with one attached hydrogen (secondary N) is 2. The predicted molar refractivity (Wildman–Crippen MR) is 94.0 cm³/mol. The molecule has 0 radical (unpaired) electrons. The summed E-state index contributed by atoms with van der Waals surface area (Å²) >= 11 is 0. The third-order valence-corrected chi connectivity index (χ3v) is 3.40. The van der Waals surface area contributed by atoms with E-state index in [1.807, 2.05) is 55.5 Å². The third kappa shape index (κ3) is 3.73. The van der Waals surface area contributed by atoms with E-state index in [0.29, 0.717) is 11.8 Å². The average Bonchev–Trinajstić information content (AvgIpc) is 2.58. The Labute approximate surface area is 140 Å². The summed E-state index contributed by atoms with van der Waals surface area (Å²) in [5.74, 6) is 0.985. The number of rotatable bonds is 4. The van der Waals surface area contributed by atoms with E-state index < -0.39 is 0 Å². The molecule has 1 aromatic heterocycles. The summed E-state index contributed by atoms with van der Waals surface area (Å²) in [7, 11) is 0. The molecule has 1 amide bonds. The number of aryl methyl sites for hydroxylation is 1. The molecule has 0 aliphatic heterocycles. The van der Waals surface area contributed by atoms with Crippen LogP contribution < -0.4 is 10.6 Å². The highest BCUT2D eigenvalue weighted by Gasteiger charge is 2.06. The topological polar surface area (TPSA) is 79.8 Å². The second-order valence-corrected chi connectivity index (χ2v) is 5.33. The molecule has 6 heteroatoms. The Morgan fingerprint density at radius 2 is 1.83 bits per heavy atom. The minimum atomic E-state index is -0.0937. The number of carbonyl (C=O) groups is 1. The van der Waals surface area contributed by atoms with Gasteiger partial charge in [0.1, 0.15) is 6.33 Å². The van der Waals surface area contributed by atoms with Crippen molar-refractivity contribution in [3.8, 4) is 11.4 Å². The van der Waals surface area contributed by atoms with Crippen LogP contribution in [0.2, 0.25) is 0 Å². The Balaban J connectivity index is 1.82. The van der Waals surface area contributed by atoms with Crippen molar-refractivity contribution in [3.63, 3.8) is 0 Å². The smallest absolute Gasteiger partial charge is 0.230 e. The summed E-state index contributed by atoms with van der Waals surface area (Å²) in [5.41, 5.74) is 3.51. The quantitative estimate of drug-likeness (QED) is 0.769. The summed E-state index contributed by atoms with van der Waals surface area (Å²) in [5, 5.41) is 5.95. The molecular formula is C18H17N5O. The lowest BCUT2D eigenvalue weighted by atomic mass is 10.1. The van der Waals surface area contributed by atoms with Gasteiger partial charge in [-0.2, -0.15) is 4.98 Å². The largest absolute Gasteiger partial charge is 0.326 e. The van der Waals surface area contributed by atoms with Gasteiger partial charge in [0.2, 0.25) is 11.9 Å². The molecule has 1 heterocycles. The molecule has 120 valence electrons. The third-order valence-electron chi connectivity index (χ3n) is 3.40. The first kappa shape index (κ1) is 15.6. The van der Waals surface area contributed by atoms with Crippen molar-refractivity contribution in [2.24, 2.45) is 0 Å². The normalized spacial score (nSPS) is 10.2. The van der Waals surface area contributed by atoms with Crippen LogP contribution in [-0.2, 0) is 4.79 Å². The van der Waals surface area contributed by atoms with E-state index in [1.165, 1.54) is 13.3 Å². The van der Waals surface area contributed by atoms with Crippen molar-refractivity contribution in [1.29, 1.82) is 0 Å². The average molecular weight is 319 g/mol. The fourth-order valence-electron chi connectivity index (χ4n) is 2.28. The number of nitrogens with zero attached hydrogens (tertiary/aromatic N) is 3. The van der Waals surface area contributed by atoms with Crippen molar-refractivity contribution in [2.75, 3.05) is 10.6 Å². The van der Waals surface area contributed by atoms with Gasteiger partial charge in [0, 0.05) is 23.9 Å². The van der Waals surface area contributed by atoms with Gasteiger partial charge in [0.25, 0.3) is 0 Å². The van der Waals surface area contributed by atoms with Gasteiger partial charge in [0.15, 0.2) is 5.82 Å². The monoisotopic (exact) mass is 319 g/mol. The van der Waals surface area contributed by atoms with Crippen LogP contribution >= 0.6 is 0 Å². The molecule has 3 rings (SSSR count). The molecule has 24 heavy (non-hydrogen) atoms. The highest BCUT2D eigenvalue weighted by atomic mass is 16.1. The molecule has 0 spiro atoms. The van der Waals surface area contributed by atoms with Gasteiger partial charge in [-0.05, 0) is 30.7 Å². The Morgan fingerprint density at radius 1 is 1.04 bits per heavy atom. The van der Waals surface area contributed by atoms with Crippen LogP contribution in [-0.4, -0.2) is 20.9 Å². The van der Waals surface area contributed by atoms with E-state index in [-0.39, 0.29) is 5.91 Å². The van der Waals surface area contributed by atoms with Crippen LogP contribution in [0.5, 0.6) is 0 Å². The lowest BCUT2D eigenvalue weighted by molar-refractivity contribution is -0.114. The molecule has 0 saturated carbocycles. The van der Waals surface area contributed by atoms with Crippen LogP contribution in [0.4, 0.5) is 17.3 Å². The number of hydrogen-bond acceptors (Lipinski definition) is 5. The highest BCUT2D eigenvalue weighted by molar-refractivity contribution is 5.89. The molecule has 0 aliphatic carbocycles. The minimum Gasteiger partial charge on any atom is -0.326 e. The second-order valence-electron chi connectivity index (χ2n) is 5.33. The van der Waals surface area contributed by atoms with E-state index in [2.05, 4.69) is 25.6 Å². The summed E-state index contributed by atoms with van der Waals surface area (Å²) in [6.45, 7) is 3.42. The van der Waals surface area contributed by atoms with Crippen molar-refractivity contribution < 1.29 is 4.79 Å². The highest BCUT2D eigenvalue weighted by Crippen LogP contribution is 2.22. The van der Waals surface area contributed by atoms with E-state index in [0.717, 1.165) is 22.5 Å². The van der Waals surface area contributed by atoms with Crippen LogP contribution in [0.15, 0.2) is 54.9 Å². The van der Waals surface area contributed by atoms with Gasteiger partial charge in [-0.25, -0.2) is 9.97 Å². The van der Waals surface area contributed by atoms with E-state index in [9.17, 15) is 4.79 Å². The zero-order chi connectivity index (χ0) is 16.9. The minimum absolute atomic E-state index is 0.0937. The molecule has 0 saturated heterocycles. The first-order valence-electron chi connectivity index (χ1n) is 7.51. The van der Waals surface area contributed by atoms with Crippen molar-refractivity contribution in [2.45, 2.75) is 13.8 Å². The molecule has 3 aromatic rings. The maximum atomic E-state index is 11.2.